The summed E-state index contributed by atoms with van der Waals surface area (Å²) < 4.78 is 0. The third-order valence-corrected chi connectivity index (χ3v) is 1.27. The molecule has 0 bridgehead atoms. The SMILES string of the molecule is C#Cc1ccc(N)c(C)n1. The quantitative estimate of drug-likeness (QED) is 0.534. The lowest BCUT2D eigenvalue weighted by Crippen LogP contribution is -1.93. The predicted octanol–water partition coefficient (Wildman–Crippen LogP) is 0.954. The number of hydrogen-bond acceptors (Lipinski definition) is 2. The lowest BCUT2D eigenvalue weighted by Gasteiger charge is -1.96. The number of terminal acetylenes is 1. The number of pyridine rings is 1. The van der Waals surface area contributed by atoms with Gasteiger partial charge in [0, 0.05) is 0 Å². The van der Waals surface area contributed by atoms with Gasteiger partial charge >= 0.3 is 0 Å². The molecule has 0 aliphatic heterocycles. The summed E-state index contributed by atoms with van der Waals surface area (Å²) in [4.78, 5) is 4.03. The first kappa shape index (κ1) is 6.63. The van der Waals surface area contributed by atoms with Crippen LogP contribution in [0.2, 0.25) is 0 Å². The van der Waals surface area contributed by atoms with Crippen molar-refractivity contribution in [3.8, 4) is 12.3 Å². The summed E-state index contributed by atoms with van der Waals surface area (Å²) in [5.41, 5.74) is 7.61. The number of nitrogens with two attached hydrogens (primary N) is 1. The van der Waals surface area contributed by atoms with Crippen LogP contribution < -0.4 is 5.73 Å². The average Bonchev–Trinajstić information content (AvgIpc) is 1.95. The number of rotatable bonds is 0. The van der Waals surface area contributed by atoms with E-state index in [-0.39, 0.29) is 0 Å². The Hall–Kier alpha value is -1.49. The first-order chi connectivity index (χ1) is 4.74. The average molecular weight is 132 g/mol. The van der Waals surface area contributed by atoms with Crippen molar-refractivity contribution in [3.05, 3.63) is 23.5 Å². The highest BCUT2D eigenvalue weighted by Crippen LogP contribution is 2.06. The van der Waals surface area contributed by atoms with Gasteiger partial charge < -0.3 is 5.73 Å². The molecule has 50 valence electrons. The van der Waals surface area contributed by atoms with E-state index in [0.717, 1.165) is 5.69 Å². The van der Waals surface area contributed by atoms with Crippen LogP contribution in [0.5, 0.6) is 0 Å². The van der Waals surface area contributed by atoms with Gasteiger partial charge in [0.25, 0.3) is 0 Å². The molecule has 1 heterocycles. The second-order valence-electron chi connectivity index (χ2n) is 2.02. The minimum absolute atomic E-state index is 0.631. The van der Waals surface area contributed by atoms with Gasteiger partial charge in [-0.05, 0) is 19.1 Å². The molecule has 2 N–H and O–H groups in total. The zero-order chi connectivity index (χ0) is 7.56. The first-order valence-corrected chi connectivity index (χ1v) is 2.94. The van der Waals surface area contributed by atoms with Gasteiger partial charge in [0.15, 0.2) is 0 Å². The van der Waals surface area contributed by atoms with Crippen LogP contribution in [0, 0.1) is 19.3 Å². The molecule has 1 aromatic heterocycles. The molecule has 2 heteroatoms. The van der Waals surface area contributed by atoms with Crippen molar-refractivity contribution in [1.82, 2.24) is 4.98 Å². The lowest BCUT2D eigenvalue weighted by atomic mass is 10.3. The monoisotopic (exact) mass is 132 g/mol. The van der Waals surface area contributed by atoms with Crippen LogP contribution in [0.25, 0.3) is 0 Å². The molecule has 2 nitrogen and oxygen atoms in total. The highest BCUT2D eigenvalue weighted by Gasteiger charge is 1.93. The molecule has 1 aromatic rings. The Balaban J connectivity index is 3.20. The van der Waals surface area contributed by atoms with Crippen molar-refractivity contribution >= 4 is 5.69 Å². The van der Waals surface area contributed by atoms with Crippen molar-refractivity contribution in [2.24, 2.45) is 0 Å². The molecule has 0 amide bonds. The van der Waals surface area contributed by atoms with Crippen molar-refractivity contribution < 1.29 is 0 Å². The van der Waals surface area contributed by atoms with Crippen LogP contribution in [-0.2, 0) is 0 Å². The van der Waals surface area contributed by atoms with Gasteiger partial charge in [-0.1, -0.05) is 5.92 Å². The minimum atomic E-state index is 0.631. The van der Waals surface area contributed by atoms with E-state index in [1.54, 1.807) is 12.1 Å². The Morgan fingerprint density at radius 2 is 2.30 bits per heavy atom. The summed E-state index contributed by atoms with van der Waals surface area (Å²) in [6.45, 7) is 1.83. The summed E-state index contributed by atoms with van der Waals surface area (Å²) in [6, 6.07) is 3.49. The first-order valence-electron chi connectivity index (χ1n) is 2.94. The van der Waals surface area contributed by atoms with E-state index >= 15 is 0 Å². The summed E-state index contributed by atoms with van der Waals surface area (Å²) in [5.74, 6) is 2.43. The fourth-order valence-corrected chi connectivity index (χ4v) is 0.652. The number of nitrogens with zero attached hydrogens (tertiary/aromatic N) is 1. The maximum Gasteiger partial charge on any atom is 0.113 e. The summed E-state index contributed by atoms with van der Waals surface area (Å²) in [6.07, 6.45) is 5.12. The Bertz CT molecular complexity index is 284. The van der Waals surface area contributed by atoms with Crippen molar-refractivity contribution in [2.75, 3.05) is 5.73 Å². The van der Waals surface area contributed by atoms with Crippen LogP contribution >= 0.6 is 0 Å². The molecule has 0 aliphatic rings. The zero-order valence-electron chi connectivity index (χ0n) is 5.76. The predicted molar refractivity (Wildman–Crippen MR) is 41.3 cm³/mol. The number of aryl methyl sites for hydroxylation is 1. The van der Waals surface area contributed by atoms with Crippen LogP contribution in [0.15, 0.2) is 12.1 Å². The Morgan fingerprint density at radius 3 is 2.80 bits per heavy atom. The molecule has 0 unspecified atom stereocenters. The molecule has 0 saturated carbocycles. The fraction of sp³-hybridized carbons (Fsp3) is 0.125. The van der Waals surface area contributed by atoms with E-state index in [4.69, 9.17) is 12.2 Å². The Morgan fingerprint density at radius 1 is 1.60 bits per heavy atom. The molecule has 0 saturated heterocycles. The van der Waals surface area contributed by atoms with E-state index in [9.17, 15) is 0 Å². The summed E-state index contributed by atoms with van der Waals surface area (Å²) >= 11 is 0. The minimum Gasteiger partial charge on any atom is -0.397 e. The van der Waals surface area contributed by atoms with E-state index in [1.165, 1.54) is 0 Å². The number of aromatic nitrogens is 1. The standard InChI is InChI=1S/C8H8N2/c1-3-7-4-5-8(9)6(2)10-7/h1,4-5H,9H2,2H3. The number of nitrogen functional groups attached to an aromatic ring is 1. The topological polar surface area (TPSA) is 38.9 Å². The van der Waals surface area contributed by atoms with Crippen LogP contribution in [0.4, 0.5) is 5.69 Å². The molecule has 0 fully saturated rings. The van der Waals surface area contributed by atoms with Crippen LogP contribution in [0.1, 0.15) is 11.4 Å². The van der Waals surface area contributed by atoms with Gasteiger partial charge in [-0.3, -0.25) is 0 Å². The molecule has 0 atom stereocenters. The normalized spacial score (nSPS) is 8.80. The number of hydrogen-bond donors (Lipinski definition) is 1. The second-order valence-corrected chi connectivity index (χ2v) is 2.02. The van der Waals surface area contributed by atoms with Crippen molar-refractivity contribution in [3.63, 3.8) is 0 Å². The van der Waals surface area contributed by atoms with Gasteiger partial charge in [-0.15, -0.1) is 6.42 Å². The van der Waals surface area contributed by atoms with Crippen molar-refractivity contribution in [2.45, 2.75) is 6.92 Å². The van der Waals surface area contributed by atoms with E-state index in [1.807, 2.05) is 6.92 Å². The second kappa shape index (κ2) is 2.40. The molecular formula is C8H8N2. The largest absolute Gasteiger partial charge is 0.397 e. The van der Waals surface area contributed by atoms with Crippen molar-refractivity contribution in [1.29, 1.82) is 0 Å². The highest BCUT2D eigenvalue weighted by atomic mass is 14.7. The van der Waals surface area contributed by atoms with Gasteiger partial charge in [0.1, 0.15) is 5.69 Å². The molecule has 0 aliphatic carbocycles. The highest BCUT2D eigenvalue weighted by molar-refractivity contribution is 5.44. The van der Waals surface area contributed by atoms with Gasteiger partial charge in [0.05, 0.1) is 11.4 Å². The Labute approximate surface area is 60.1 Å². The maximum absolute atomic E-state index is 5.51. The molecule has 1 rings (SSSR count). The molecule has 10 heavy (non-hydrogen) atoms. The van der Waals surface area contributed by atoms with Gasteiger partial charge in [-0.25, -0.2) is 4.98 Å². The molecule has 0 aromatic carbocycles. The van der Waals surface area contributed by atoms with E-state index in [0.29, 0.717) is 11.4 Å². The third-order valence-electron chi connectivity index (χ3n) is 1.27. The fourth-order valence-electron chi connectivity index (χ4n) is 0.652. The Kier molecular flexibility index (Phi) is 1.59. The molecule has 0 radical (unpaired) electrons. The summed E-state index contributed by atoms with van der Waals surface area (Å²) in [5, 5.41) is 0. The van der Waals surface area contributed by atoms with E-state index in [2.05, 4.69) is 10.9 Å². The molecular weight excluding hydrogens is 124 g/mol. The van der Waals surface area contributed by atoms with E-state index < -0.39 is 0 Å². The van der Waals surface area contributed by atoms with Gasteiger partial charge in [-0.2, -0.15) is 0 Å². The smallest absolute Gasteiger partial charge is 0.113 e. The van der Waals surface area contributed by atoms with Crippen LogP contribution in [-0.4, -0.2) is 4.98 Å². The lowest BCUT2D eigenvalue weighted by molar-refractivity contribution is 1.18. The number of anilines is 1. The van der Waals surface area contributed by atoms with Gasteiger partial charge in [0.2, 0.25) is 0 Å². The van der Waals surface area contributed by atoms with Crippen LogP contribution in [0.3, 0.4) is 0 Å². The third kappa shape index (κ3) is 1.08. The zero-order valence-corrected chi connectivity index (χ0v) is 5.76. The summed E-state index contributed by atoms with van der Waals surface area (Å²) in [7, 11) is 0. The molecule has 0 spiro atoms. The maximum atomic E-state index is 5.51.